The third-order valence-corrected chi connectivity index (χ3v) is 6.28. The molecule has 0 aromatic heterocycles. The van der Waals surface area contributed by atoms with Crippen LogP contribution in [0.15, 0.2) is 60.7 Å². The second kappa shape index (κ2) is 6.39. The quantitative estimate of drug-likeness (QED) is 0.496. The predicted octanol–water partition coefficient (Wildman–Crippen LogP) is 6.02. The monoisotopic (exact) mass is 322 g/mol. The van der Waals surface area contributed by atoms with Gasteiger partial charge < -0.3 is 0 Å². The summed E-state index contributed by atoms with van der Waals surface area (Å²) in [5.74, 6) is 4.83. The topological polar surface area (TPSA) is 0 Å². The largest absolute Gasteiger partial charge is 0.152 e. The Hall–Kier alpha value is -1.38. The summed E-state index contributed by atoms with van der Waals surface area (Å²) in [7, 11) is 0. The van der Waals surface area contributed by atoms with Crippen molar-refractivity contribution in [3.63, 3.8) is 0 Å². The molecule has 0 nitrogen and oxygen atoms in total. The first kappa shape index (κ1) is 14.2. The van der Waals surface area contributed by atoms with E-state index in [4.69, 9.17) is 0 Å². The normalized spacial score (nSPS) is 15.1. The minimum atomic E-state index is 1.19. The molecule has 0 bridgehead atoms. The van der Waals surface area contributed by atoms with Crippen molar-refractivity contribution in [1.82, 2.24) is 0 Å². The summed E-state index contributed by atoms with van der Waals surface area (Å²) in [5, 5.41) is 2.76. The van der Waals surface area contributed by atoms with Gasteiger partial charge in [0, 0.05) is 23.0 Å². The Morgan fingerprint density at radius 3 is 1.41 bits per heavy atom. The molecule has 22 heavy (non-hydrogen) atoms. The molecule has 0 saturated carbocycles. The fraction of sp³-hybridized carbons (Fsp3) is 0.200. The Labute approximate surface area is 140 Å². The highest BCUT2D eigenvalue weighted by molar-refractivity contribution is 7.98. The minimum Gasteiger partial charge on any atom is -0.152 e. The van der Waals surface area contributed by atoms with Gasteiger partial charge in [-0.2, -0.15) is 23.5 Å². The molecule has 0 fully saturated rings. The summed E-state index contributed by atoms with van der Waals surface area (Å²) in [6.07, 6.45) is 0. The summed E-state index contributed by atoms with van der Waals surface area (Å²) in [6, 6.07) is 21.9. The van der Waals surface area contributed by atoms with E-state index >= 15 is 0 Å². The maximum absolute atomic E-state index is 2.34. The lowest BCUT2D eigenvalue weighted by atomic mass is 10.0. The van der Waals surface area contributed by atoms with Gasteiger partial charge in [0.05, 0.1) is 0 Å². The first-order valence-corrected chi connectivity index (χ1v) is 9.94. The van der Waals surface area contributed by atoms with Crippen molar-refractivity contribution < 1.29 is 0 Å². The third kappa shape index (κ3) is 2.90. The van der Waals surface area contributed by atoms with Crippen LogP contribution in [0, 0.1) is 0 Å². The lowest BCUT2D eigenvalue weighted by Crippen LogP contribution is -1.82. The van der Waals surface area contributed by atoms with Gasteiger partial charge in [-0.1, -0.05) is 60.7 Å². The van der Waals surface area contributed by atoms with Gasteiger partial charge in [-0.25, -0.2) is 0 Å². The van der Waals surface area contributed by atoms with Gasteiger partial charge in [0.15, 0.2) is 0 Å². The van der Waals surface area contributed by atoms with Crippen molar-refractivity contribution in [2.45, 2.75) is 23.0 Å². The van der Waals surface area contributed by atoms with E-state index in [0.717, 1.165) is 0 Å². The van der Waals surface area contributed by atoms with Gasteiger partial charge in [-0.05, 0) is 33.0 Å². The van der Waals surface area contributed by atoms with Crippen molar-refractivity contribution in [2.24, 2.45) is 0 Å². The number of thioether (sulfide) groups is 2. The van der Waals surface area contributed by atoms with Crippen molar-refractivity contribution in [3.8, 4) is 0 Å². The maximum atomic E-state index is 2.34. The molecule has 0 amide bonds. The second-order valence-electron chi connectivity index (χ2n) is 5.72. The fourth-order valence-electron chi connectivity index (χ4n) is 2.98. The van der Waals surface area contributed by atoms with E-state index in [9.17, 15) is 0 Å². The molecule has 3 aromatic rings. The van der Waals surface area contributed by atoms with E-state index < -0.39 is 0 Å². The van der Waals surface area contributed by atoms with Gasteiger partial charge in [-0.3, -0.25) is 0 Å². The molecular formula is C20H18S2. The van der Waals surface area contributed by atoms with Crippen LogP contribution >= 0.6 is 23.5 Å². The Balaban J connectivity index is 0.000000122. The second-order valence-corrected chi connectivity index (χ2v) is 7.69. The maximum Gasteiger partial charge on any atom is 0.0191 e. The third-order valence-electron chi connectivity index (χ3n) is 4.22. The Kier molecular flexibility index (Phi) is 4.13. The number of rotatable bonds is 0. The van der Waals surface area contributed by atoms with E-state index in [0.29, 0.717) is 0 Å². The Bertz CT molecular complexity index is 742. The molecule has 2 aliphatic rings. The van der Waals surface area contributed by atoms with Crippen molar-refractivity contribution in [2.75, 3.05) is 0 Å². The van der Waals surface area contributed by atoms with Crippen LogP contribution in [0.25, 0.3) is 10.8 Å². The van der Waals surface area contributed by atoms with Gasteiger partial charge in [0.2, 0.25) is 0 Å². The van der Waals surface area contributed by atoms with Crippen LogP contribution in [0.2, 0.25) is 0 Å². The fourth-order valence-corrected chi connectivity index (χ4v) is 5.17. The van der Waals surface area contributed by atoms with Gasteiger partial charge in [0.25, 0.3) is 0 Å². The van der Waals surface area contributed by atoms with E-state index in [1.165, 1.54) is 56.0 Å². The number of benzene rings is 3. The van der Waals surface area contributed by atoms with Crippen LogP contribution in [0.4, 0.5) is 0 Å². The molecule has 0 radical (unpaired) electrons. The number of fused-ring (bicyclic) bond motifs is 3. The molecule has 2 aliphatic heterocycles. The van der Waals surface area contributed by atoms with Crippen LogP contribution in [-0.2, 0) is 23.0 Å². The molecule has 0 spiro atoms. The van der Waals surface area contributed by atoms with Gasteiger partial charge >= 0.3 is 0 Å². The molecule has 2 heteroatoms. The Morgan fingerprint density at radius 1 is 0.500 bits per heavy atom. The molecule has 0 saturated heterocycles. The van der Waals surface area contributed by atoms with Crippen molar-refractivity contribution in [3.05, 3.63) is 82.9 Å². The smallest absolute Gasteiger partial charge is 0.0191 e. The summed E-state index contributed by atoms with van der Waals surface area (Å²) < 4.78 is 0. The zero-order valence-corrected chi connectivity index (χ0v) is 14.1. The van der Waals surface area contributed by atoms with Crippen LogP contribution < -0.4 is 0 Å². The summed E-state index contributed by atoms with van der Waals surface area (Å²) in [5.41, 5.74) is 6.12. The molecule has 0 atom stereocenters. The summed E-state index contributed by atoms with van der Waals surface area (Å²) in [4.78, 5) is 0. The highest BCUT2D eigenvalue weighted by Crippen LogP contribution is 2.32. The number of hydrogen-bond donors (Lipinski definition) is 0. The minimum absolute atomic E-state index is 1.19. The molecule has 0 aliphatic carbocycles. The standard InChI is InChI=1S/C12H10S.C8H8S/c1-2-4-10-6-12-8-13-7-11(12)5-9(10)3-1;1-2-4-8-6-9-5-7(8)3-1/h1-6H,7-8H2;1-4H,5-6H2. The first-order valence-electron chi connectivity index (χ1n) is 7.63. The zero-order valence-electron chi connectivity index (χ0n) is 12.4. The highest BCUT2D eigenvalue weighted by Gasteiger charge is 2.11. The Morgan fingerprint density at radius 2 is 0.909 bits per heavy atom. The van der Waals surface area contributed by atoms with Crippen LogP contribution in [0.3, 0.4) is 0 Å². The molecule has 3 aromatic carbocycles. The lowest BCUT2D eigenvalue weighted by molar-refractivity contribution is 1.35. The van der Waals surface area contributed by atoms with Crippen molar-refractivity contribution >= 4 is 34.3 Å². The van der Waals surface area contributed by atoms with Gasteiger partial charge in [-0.15, -0.1) is 0 Å². The number of hydrogen-bond acceptors (Lipinski definition) is 2. The van der Waals surface area contributed by atoms with Crippen molar-refractivity contribution in [1.29, 1.82) is 0 Å². The SMILES string of the molecule is c1ccc2c(c1)CSC2.c1ccc2cc3c(cc2c1)CSC3. The molecular weight excluding hydrogens is 304 g/mol. The summed E-state index contributed by atoms with van der Waals surface area (Å²) >= 11 is 4.02. The predicted molar refractivity (Wildman–Crippen MR) is 100 cm³/mol. The zero-order chi connectivity index (χ0) is 14.8. The molecule has 0 unspecified atom stereocenters. The molecule has 0 N–H and O–H groups in total. The molecule has 5 rings (SSSR count). The van der Waals surface area contributed by atoms with Gasteiger partial charge in [0.1, 0.15) is 0 Å². The summed E-state index contributed by atoms with van der Waals surface area (Å²) in [6.45, 7) is 0. The van der Waals surface area contributed by atoms with E-state index in [1.807, 2.05) is 23.5 Å². The lowest BCUT2D eigenvalue weighted by Gasteiger charge is -2.01. The first-order chi connectivity index (χ1) is 10.9. The average Bonchev–Trinajstić information content (AvgIpc) is 3.21. The van der Waals surface area contributed by atoms with E-state index in [-0.39, 0.29) is 0 Å². The average molecular weight is 322 g/mol. The van der Waals surface area contributed by atoms with Crippen LogP contribution in [0.1, 0.15) is 22.3 Å². The van der Waals surface area contributed by atoms with E-state index in [2.05, 4.69) is 60.7 Å². The van der Waals surface area contributed by atoms with Crippen LogP contribution in [-0.4, -0.2) is 0 Å². The molecule has 110 valence electrons. The van der Waals surface area contributed by atoms with Crippen LogP contribution in [0.5, 0.6) is 0 Å². The van der Waals surface area contributed by atoms with E-state index in [1.54, 1.807) is 0 Å². The highest BCUT2D eigenvalue weighted by atomic mass is 32.2. The molecule has 2 heterocycles.